The summed E-state index contributed by atoms with van der Waals surface area (Å²) in [7, 11) is 0. The summed E-state index contributed by atoms with van der Waals surface area (Å²) in [6.45, 7) is 1.18. The van der Waals surface area contributed by atoms with E-state index in [2.05, 4.69) is 22.6 Å². The number of hydrogen-bond acceptors (Lipinski definition) is 2. The second-order valence-electron chi connectivity index (χ2n) is 6.22. The topological polar surface area (TPSA) is 29.5 Å². The Morgan fingerprint density at radius 2 is 1.88 bits per heavy atom. The van der Waals surface area contributed by atoms with Crippen molar-refractivity contribution in [2.24, 2.45) is 0 Å². The SMILES string of the molecule is O=C(c1ccccc1I)N(CCCOc1ccc(F)cc1)C1CCC1. The van der Waals surface area contributed by atoms with Gasteiger partial charge in [0.2, 0.25) is 0 Å². The molecule has 1 saturated carbocycles. The first-order valence-corrected chi connectivity index (χ1v) is 9.67. The first-order chi connectivity index (χ1) is 12.1. The maximum atomic E-state index is 12.9. The summed E-state index contributed by atoms with van der Waals surface area (Å²) in [5, 5.41) is 0. The van der Waals surface area contributed by atoms with Gasteiger partial charge in [0.15, 0.2) is 0 Å². The van der Waals surface area contributed by atoms with Crippen LogP contribution in [0.3, 0.4) is 0 Å². The lowest BCUT2D eigenvalue weighted by Gasteiger charge is -2.38. The Morgan fingerprint density at radius 1 is 1.16 bits per heavy atom. The standard InChI is InChI=1S/C20H21FINO2/c21-15-9-11-17(12-10-15)25-14-4-13-23(16-5-3-6-16)20(24)18-7-1-2-8-19(18)22/h1-2,7-12,16H,3-6,13-14H2. The van der Waals surface area contributed by atoms with Crippen molar-refractivity contribution in [1.29, 1.82) is 0 Å². The van der Waals surface area contributed by atoms with E-state index in [0.29, 0.717) is 24.9 Å². The molecule has 3 nitrogen and oxygen atoms in total. The fraction of sp³-hybridized carbons (Fsp3) is 0.350. The number of nitrogens with zero attached hydrogens (tertiary/aromatic N) is 1. The maximum absolute atomic E-state index is 12.9. The summed E-state index contributed by atoms with van der Waals surface area (Å²) in [4.78, 5) is 14.9. The largest absolute Gasteiger partial charge is 0.494 e. The Hall–Kier alpha value is -1.63. The predicted molar refractivity (Wildman–Crippen MR) is 104 cm³/mol. The highest BCUT2D eigenvalue weighted by molar-refractivity contribution is 14.1. The highest BCUT2D eigenvalue weighted by atomic mass is 127. The van der Waals surface area contributed by atoms with Gasteiger partial charge in [-0.05, 0) is 84.7 Å². The molecule has 0 heterocycles. The zero-order valence-corrected chi connectivity index (χ0v) is 16.1. The molecule has 0 bridgehead atoms. The fourth-order valence-corrected chi connectivity index (χ4v) is 3.51. The van der Waals surface area contributed by atoms with E-state index in [1.807, 2.05) is 29.2 Å². The third-order valence-electron chi connectivity index (χ3n) is 4.51. The maximum Gasteiger partial charge on any atom is 0.255 e. The first-order valence-electron chi connectivity index (χ1n) is 8.59. The van der Waals surface area contributed by atoms with E-state index in [1.165, 1.54) is 18.6 Å². The van der Waals surface area contributed by atoms with Crippen LogP contribution in [0.5, 0.6) is 5.75 Å². The van der Waals surface area contributed by atoms with Crippen molar-refractivity contribution < 1.29 is 13.9 Å². The zero-order valence-electron chi connectivity index (χ0n) is 14.0. The van der Waals surface area contributed by atoms with Gasteiger partial charge in [0.1, 0.15) is 11.6 Å². The number of halogens is 2. The number of rotatable bonds is 7. The van der Waals surface area contributed by atoms with E-state index in [9.17, 15) is 9.18 Å². The average molecular weight is 453 g/mol. The highest BCUT2D eigenvalue weighted by Gasteiger charge is 2.29. The molecule has 0 atom stereocenters. The van der Waals surface area contributed by atoms with Crippen molar-refractivity contribution in [1.82, 2.24) is 4.90 Å². The van der Waals surface area contributed by atoms with E-state index >= 15 is 0 Å². The van der Waals surface area contributed by atoms with Gasteiger partial charge in [-0.15, -0.1) is 0 Å². The van der Waals surface area contributed by atoms with Crippen LogP contribution in [-0.4, -0.2) is 30.0 Å². The molecule has 0 aromatic heterocycles. The minimum Gasteiger partial charge on any atom is -0.494 e. The van der Waals surface area contributed by atoms with Crippen LogP contribution >= 0.6 is 22.6 Å². The lowest BCUT2D eigenvalue weighted by Crippen LogP contribution is -2.45. The molecule has 1 aliphatic carbocycles. The smallest absolute Gasteiger partial charge is 0.255 e. The molecule has 0 unspecified atom stereocenters. The van der Waals surface area contributed by atoms with Crippen molar-refractivity contribution in [2.75, 3.05) is 13.2 Å². The number of carbonyl (C=O) groups is 1. The second kappa shape index (κ2) is 8.65. The Kier molecular flexibility index (Phi) is 6.29. The van der Waals surface area contributed by atoms with Gasteiger partial charge >= 0.3 is 0 Å². The average Bonchev–Trinajstić information content (AvgIpc) is 2.57. The lowest BCUT2D eigenvalue weighted by atomic mass is 9.90. The quantitative estimate of drug-likeness (QED) is 0.441. The third kappa shape index (κ3) is 4.71. The van der Waals surface area contributed by atoms with Crippen LogP contribution in [0, 0.1) is 9.39 Å². The van der Waals surface area contributed by atoms with Gasteiger partial charge in [0.05, 0.1) is 12.2 Å². The first kappa shape index (κ1) is 18.2. The summed E-state index contributed by atoms with van der Waals surface area (Å²) in [6, 6.07) is 14.1. The van der Waals surface area contributed by atoms with Crippen LogP contribution in [-0.2, 0) is 0 Å². The van der Waals surface area contributed by atoms with Crippen LogP contribution in [0.25, 0.3) is 0 Å². The molecule has 0 N–H and O–H groups in total. The van der Waals surface area contributed by atoms with Crippen molar-refractivity contribution in [3.05, 3.63) is 63.5 Å². The van der Waals surface area contributed by atoms with E-state index < -0.39 is 0 Å². The Balaban J connectivity index is 1.57. The summed E-state index contributed by atoms with van der Waals surface area (Å²) in [5.41, 5.74) is 0.773. The van der Waals surface area contributed by atoms with Gasteiger partial charge in [-0.3, -0.25) is 4.79 Å². The van der Waals surface area contributed by atoms with E-state index in [4.69, 9.17) is 4.74 Å². The van der Waals surface area contributed by atoms with Crippen LogP contribution in [0.1, 0.15) is 36.0 Å². The molecule has 1 aliphatic rings. The number of hydrogen-bond donors (Lipinski definition) is 0. The number of ether oxygens (including phenoxy) is 1. The molecular formula is C20H21FINO2. The Labute approximate surface area is 161 Å². The summed E-state index contributed by atoms with van der Waals surface area (Å²) in [6.07, 6.45) is 4.09. The van der Waals surface area contributed by atoms with Gasteiger partial charge in [-0.25, -0.2) is 4.39 Å². The van der Waals surface area contributed by atoms with Gasteiger partial charge < -0.3 is 9.64 Å². The Bertz CT molecular complexity index is 716. The van der Waals surface area contributed by atoms with Crippen LogP contribution < -0.4 is 4.74 Å². The van der Waals surface area contributed by atoms with Crippen LogP contribution in [0.15, 0.2) is 48.5 Å². The van der Waals surface area contributed by atoms with Gasteiger partial charge in [-0.2, -0.15) is 0 Å². The fourth-order valence-electron chi connectivity index (χ4n) is 2.89. The molecule has 1 amide bonds. The molecule has 3 rings (SSSR count). The van der Waals surface area contributed by atoms with E-state index in [-0.39, 0.29) is 11.7 Å². The van der Waals surface area contributed by atoms with Crippen molar-refractivity contribution in [3.8, 4) is 5.75 Å². The molecule has 132 valence electrons. The van der Waals surface area contributed by atoms with Gasteiger partial charge in [0.25, 0.3) is 5.91 Å². The third-order valence-corrected chi connectivity index (χ3v) is 5.45. The van der Waals surface area contributed by atoms with Crippen molar-refractivity contribution in [2.45, 2.75) is 31.7 Å². The molecule has 5 heteroatoms. The van der Waals surface area contributed by atoms with Crippen LogP contribution in [0.4, 0.5) is 4.39 Å². The molecule has 0 radical (unpaired) electrons. The number of benzene rings is 2. The monoisotopic (exact) mass is 453 g/mol. The van der Waals surface area contributed by atoms with Gasteiger partial charge in [0, 0.05) is 16.2 Å². The molecule has 0 saturated heterocycles. The molecule has 1 fully saturated rings. The van der Waals surface area contributed by atoms with Crippen molar-refractivity contribution in [3.63, 3.8) is 0 Å². The predicted octanol–water partition coefficient (Wildman–Crippen LogP) is 4.89. The molecule has 2 aromatic rings. The zero-order chi connectivity index (χ0) is 17.6. The lowest BCUT2D eigenvalue weighted by molar-refractivity contribution is 0.0564. The number of carbonyl (C=O) groups excluding carboxylic acids is 1. The van der Waals surface area contributed by atoms with Crippen LogP contribution in [0.2, 0.25) is 0 Å². The summed E-state index contributed by atoms with van der Waals surface area (Å²) < 4.78 is 19.5. The summed E-state index contributed by atoms with van der Waals surface area (Å²) in [5.74, 6) is 0.489. The normalized spacial score (nSPS) is 14.0. The highest BCUT2D eigenvalue weighted by Crippen LogP contribution is 2.27. The Morgan fingerprint density at radius 3 is 2.52 bits per heavy atom. The number of amides is 1. The molecule has 0 aliphatic heterocycles. The van der Waals surface area contributed by atoms with E-state index in [0.717, 1.165) is 28.4 Å². The van der Waals surface area contributed by atoms with Gasteiger partial charge in [-0.1, -0.05) is 12.1 Å². The van der Waals surface area contributed by atoms with E-state index in [1.54, 1.807) is 12.1 Å². The molecule has 2 aromatic carbocycles. The molecule has 0 spiro atoms. The molecule has 25 heavy (non-hydrogen) atoms. The minimum absolute atomic E-state index is 0.108. The summed E-state index contributed by atoms with van der Waals surface area (Å²) >= 11 is 2.22. The molecular weight excluding hydrogens is 432 g/mol. The second-order valence-corrected chi connectivity index (χ2v) is 7.38. The minimum atomic E-state index is -0.272. The van der Waals surface area contributed by atoms with Crippen molar-refractivity contribution >= 4 is 28.5 Å².